The first kappa shape index (κ1) is 23.6. The summed E-state index contributed by atoms with van der Waals surface area (Å²) in [5.41, 5.74) is 3.10. The van der Waals surface area contributed by atoms with Crippen LogP contribution in [0.5, 0.6) is 0 Å². The van der Waals surface area contributed by atoms with Crippen molar-refractivity contribution >= 4 is 74.5 Å². The van der Waals surface area contributed by atoms with Gasteiger partial charge in [-0.1, -0.05) is 35.0 Å². The number of aryl methyl sites for hydroxylation is 1. The molecule has 0 fully saturated rings. The summed E-state index contributed by atoms with van der Waals surface area (Å²) in [5, 5.41) is 6.53. The first-order valence-corrected chi connectivity index (χ1v) is 13.5. The fourth-order valence-electron chi connectivity index (χ4n) is 3.51. The molecule has 0 saturated heterocycles. The molecule has 1 aliphatic rings. The number of hydrogen-bond donors (Lipinski definition) is 1. The van der Waals surface area contributed by atoms with Crippen molar-refractivity contribution in [1.29, 1.82) is 0 Å². The number of rotatable bonds is 7. The second kappa shape index (κ2) is 10.6. The lowest BCUT2D eigenvalue weighted by Crippen LogP contribution is -2.17. The summed E-state index contributed by atoms with van der Waals surface area (Å²) in [5.74, 6) is -0.355. The van der Waals surface area contributed by atoms with Crippen LogP contribution in [-0.2, 0) is 22.4 Å². The molecule has 0 bridgehead atoms. The minimum Gasteiger partial charge on any atom is -0.462 e. The van der Waals surface area contributed by atoms with E-state index >= 15 is 0 Å². The molecule has 0 saturated carbocycles. The Balaban J connectivity index is 1.43. The Hall–Kier alpha value is -1.58. The SMILES string of the molecule is CCOC(=O)c1c(NC(=O)CSc2nc(-c3ccc(Cl)cc3Cl)cs2)sc2c1CCCC2. The Labute approximate surface area is 208 Å². The molecule has 2 aromatic heterocycles. The van der Waals surface area contributed by atoms with E-state index in [4.69, 9.17) is 27.9 Å². The number of thioether (sulfide) groups is 1. The predicted molar refractivity (Wildman–Crippen MR) is 134 cm³/mol. The van der Waals surface area contributed by atoms with Gasteiger partial charge in [0, 0.05) is 20.8 Å². The quantitative estimate of drug-likeness (QED) is 0.266. The van der Waals surface area contributed by atoms with Crippen molar-refractivity contribution in [2.45, 2.75) is 36.9 Å². The number of nitrogens with zero attached hydrogens (tertiary/aromatic N) is 1. The summed E-state index contributed by atoms with van der Waals surface area (Å²) in [6.07, 6.45) is 3.93. The van der Waals surface area contributed by atoms with Gasteiger partial charge in [-0.2, -0.15) is 0 Å². The summed E-state index contributed by atoms with van der Waals surface area (Å²) in [6.45, 7) is 2.09. The molecule has 0 spiro atoms. The van der Waals surface area contributed by atoms with Crippen molar-refractivity contribution in [1.82, 2.24) is 4.98 Å². The molecule has 3 aromatic rings. The van der Waals surface area contributed by atoms with Gasteiger partial charge in [-0.15, -0.1) is 22.7 Å². The number of carbonyl (C=O) groups excluding carboxylic acids is 2. The van der Waals surface area contributed by atoms with Gasteiger partial charge in [-0.05, 0) is 56.4 Å². The second-order valence-electron chi connectivity index (χ2n) is 7.10. The van der Waals surface area contributed by atoms with Crippen LogP contribution in [0.25, 0.3) is 11.3 Å². The molecule has 0 atom stereocenters. The Morgan fingerprint density at radius 3 is 2.84 bits per heavy atom. The van der Waals surface area contributed by atoms with Crippen LogP contribution in [0.4, 0.5) is 5.00 Å². The summed E-state index contributed by atoms with van der Waals surface area (Å²) in [4.78, 5) is 31.0. The number of thiophene rings is 1. The van der Waals surface area contributed by atoms with Crippen LogP contribution >= 0.6 is 57.6 Å². The van der Waals surface area contributed by atoms with E-state index in [1.165, 1.54) is 39.3 Å². The van der Waals surface area contributed by atoms with Crippen LogP contribution in [0.15, 0.2) is 27.9 Å². The third kappa shape index (κ3) is 5.31. The van der Waals surface area contributed by atoms with Gasteiger partial charge in [-0.25, -0.2) is 9.78 Å². The van der Waals surface area contributed by atoms with Gasteiger partial charge >= 0.3 is 5.97 Å². The fourth-order valence-corrected chi connectivity index (χ4v) is 6.93. The van der Waals surface area contributed by atoms with Gasteiger partial charge in [0.05, 0.1) is 28.6 Å². The van der Waals surface area contributed by atoms with Crippen molar-refractivity contribution in [3.8, 4) is 11.3 Å². The molecular formula is C22H20Cl2N2O3S3. The number of thiazole rings is 1. The third-order valence-corrected chi connectivity index (χ3v) is 8.70. The molecule has 0 radical (unpaired) electrons. The van der Waals surface area contributed by atoms with Crippen LogP contribution in [0.2, 0.25) is 10.0 Å². The lowest BCUT2D eigenvalue weighted by molar-refractivity contribution is -0.113. The lowest BCUT2D eigenvalue weighted by atomic mass is 9.95. The topological polar surface area (TPSA) is 68.3 Å². The van der Waals surface area contributed by atoms with Crippen LogP contribution in [0.1, 0.15) is 40.6 Å². The molecule has 1 N–H and O–H groups in total. The normalized spacial score (nSPS) is 13.0. The zero-order valence-electron chi connectivity index (χ0n) is 17.2. The minimum atomic E-state index is -0.362. The highest BCUT2D eigenvalue weighted by Crippen LogP contribution is 2.39. The molecule has 0 aliphatic heterocycles. The Morgan fingerprint density at radius 2 is 2.06 bits per heavy atom. The summed E-state index contributed by atoms with van der Waals surface area (Å²) in [6, 6.07) is 5.28. The zero-order chi connectivity index (χ0) is 22.7. The molecule has 0 unspecified atom stereocenters. The molecule has 4 rings (SSSR count). The first-order valence-electron chi connectivity index (χ1n) is 10.1. The van der Waals surface area contributed by atoms with Gasteiger partial charge in [0.15, 0.2) is 4.34 Å². The van der Waals surface area contributed by atoms with Crippen LogP contribution in [0.3, 0.4) is 0 Å². The number of nitrogens with one attached hydrogen (secondary N) is 1. The number of fused-ring (bicyclic) bond motifs is 1. The molecule has 2 heterocycles. The summed E-state index contributed by atoms with van der Waals surface area (Å²) >= 11 is 16.5. The largest absolute Gasteiger partial charge is 0.462 e. The van der Waals surface area contributed by atoms with Gasteiger partial charge in [0.2, 0.25) is 5.91 Å². The van der Waals surface area contributed by atoms with Gasteiger partial charge in [0.25, 0.3) is 0 Å². The number of carbonyl (C=O) groups is 2. The molecule has 168 valence electrons. The second-order valence-corrected chi connectivity index (χ2v) is 11.1. The highest BCUT2D eigenvalue weighted by molar-refractivity contribution is 8.01. The molecule has 5 nitrogen and oxygen atoms in total. The number of benzene rings is 1. The van der Waals surface area contributed by atoms with Crippen molar-refractivity contribution in [3.05, 3.63) is 49.6 Å². The van der Waals surface area contributed by atoms with E-state index in [2.05, 4.69) is 10.3 Å². The monoisotopic (exact) mass is 526 g/mol. The van der Waals surface area contributed by atoms with Gasteiger partial charge in [0.1, 0.15) is 5.00 Å². The van der Waals surface area contributed by atoms with E-state index in [-0.39, 0.29) is 17.6 Å². The Morgan fingerprint density at radius 1 is 1.25 bits per heavy atom. The van der Waals surface area contributed by atoms with Crippen molar-refractivity contribution in [2.24, 2.45) is 0 Å². The number of amides is 1. The van der Waals surface area contributed by atoms with E-state index in [0.717, 1.165) is 46.8 Å². The zero-order valence-corrected chi connectivity index (χ0v) is 21.2. The third-order valence-electron chi connectivity index (χ3n) is 4.92. The highest BCUT2D eigenvalue weighted by atomic mass is 35.5. The highest BCUT2D eigenvalue weighted by Gasteiger charge is 2.27. The summed E-state index contributed by atoms with van der Waals surface area (Å²) in [7, 11) is 0. The number of hydrogen-bond acceptors (Lipinski definition) is 7. The molecule has 1 aromatic carbocycles. The number of aromatic nitrogens is 1. The van der Waals surface area contributed by atoms with E-state index in [0.29, 0.717) is 27.2 Å². The number of anilines is 1. The number of esters is 1. The molecule has 10 heteroatoms. The smallest absolute Gasteiger partial charge is 0.341 e. The minimum absolute atomic E-state index is 0.180. The van der Waals surface area contributed by atoms with E-state index in [1.807, 2.05) is 11.4 Å². The first-order chi connectivity index (χ1) is 15.5. The average Bonchev–Trinajstić information content (AvgIpc) is 3.36. The molecule has 1 aliphatic carbocycles. The maximum absolute atomic E-state index is 12.7. The van der Waals surface area contributed by atoms with E-state index in [9.17, 15) is 9.59 Å². The van der Waals surface area contributed by atoms with Crippen molar-refractivity contribution in [3.63, 3.8) is 0 Å². The van der Waals surface area contributed by atoms with Crippen molar-refractivity contribution < 1.29 is 14.3 Å². The van der Waals surface area contributed by atoms with Gasteiger partial charge < -0.3 is 10.1 Å². The molecule has 32 heavy (non-hydrogen) atoms. The van der Waals surface area contributed by atoms with Crippen LogP contribution in [0, 0.1) is 0 Å². The predicted octanol–water partition coefficient (Wildman–Crippen LogP) is 6.96. The number of halogens is 2. The maximum Gasteiger partial charge on any atom is 0.341 e. The average molecular weight is 528 g/mol. The molecular weight excluding hydrogens is 507 g/mol. The fraction of sp³-hybridized carbons (Fsp3) is 0.318. The van der Waals surface area contributed by atoms with Crippen LogP contribution in [-0.4, -0.2) is 29.2 Å². The van der Waals surface area contributed by atoms with Crippen LogP contribution < -0.4 is 5.32 Å². The molecule has 1 amide bonds. The van der Waals surface area contributed by atoms with E-state index < -0.39 is 0 Å². The van der Waals surface area contributed by atoms with E-state index in [1.54, 1.807) is 19.1 Å². The standard InChI is InChI=1S/C22H20Cl2N2O3S3/c1-2-29-21(28)19-14-5-3-4-6-17(14)32-20(19)26-18(27)11-31-22-25-16(10-30-22)13-8-7-12(23)9-15(13)24/h7-10H,2-6,11H2,1H3,(H,26,27). The number of ether oxygens (including phenoxy) is 1. The van der Waals surface area contributed by atoms with Gasteiger partial charge in [-0.3, -0.25) is 4.79 Å². The Bertz CT molecular complexity index is 1160. The Kier molecular flexibility index (Phi) is 7.78. The maximum atomic E-state index is 12.7. The lowest BCUT2D eigenvalue weighted by Gasteiger charge is -2.12. The van der Waals surface area contributed by atoms with Crippen molar-refractivity contribution in [2.75, 3.05) is 17.7 Å². The summed E-state index contributed by atoms with van der Waals surface area (Å²) < 4.78 is 6.01.